The van der Waals surface area contributed by atoms with Crippen molar-refractivity contribution in [2.45, 2.75) is 12.8 Å². The van der Waals surface area contributed by atoms with Crippen molar-refractivity contribution in [2.24, 2.45) is 5.10 Å². The topological polar surface area (TPSA) is 46.1 Å². The average molecular weight is 293 g/mol. The molecule has 1 aliphatic heterocycles. The highest BCUT2D eigenvalue weighted by atomic mass is 32.1. The highest BCUT2D eigenvalue weighted by Crippen LogP contribution is 2.22. The molecule has 1 aromatic carbocycles. The molecule has 6 heteroatoms. The Balaban J connectivity index is 1.98. The molecule has 0 radical (unpaired) electrons. The molecule has 0 aliphatic carbocycles. The van der Waals surface area contributed by atoms with Crippen LogP contribution in [-0.4, -0.2) is 43.5 Å². The van der Waals surface area contributed by atoms with Crippen molar-refractivity contribution in [3.05, 3.63) is 23.8 Å². The summed E-state index contributed by atoms with van der Waals surface area (Å²) in [7, 11) is 3.24. The molecule has 2 rings (SSSR count). The van der Waals surface area contributed by atoms with Gasteiger partial charge in [-0.25, -0.2) is 0 Å². The van der Waals surface area contributed by atoms with Gasteiger partial charge >= 0.3 is 0 Å². The van der Waals surface area contributed by atoms with Gasteiger partial charge in [0.2, 0.25) is 0 Å². The maximum atomic E-state index is 5.30. The van der Waals surface area contributed by atoms with E-state index < -0.39 is 0 Å². The lowest BCUT2D eigenvalue weighted by Crippen LogP contribution is -2.34. The fourth-order valence-corrected chi connectivity index (χ4v) is 2.31. The maximum Gasteiger partial charge on any atom is 0.189 e. The van der Waals surface area contributed by atoms with Gasteiger partial charge in [0.25, 0.3) is 0 Å². The Bertz CT molecular complexity index is 499. The molecule has 1 aliphatic rings. The first kappa shape index (κ1) is 14.6. The number of benzene rings is 1. The Morgan fingerprint density at radius 3 is 2.70 bits per heavy atom. The van der Waals surface area contributed by atoms with Crippen LogP contribution < -0.4 is 14.9 Å². The van der Waals surface area contributed by atoms with Crippen LogP contribution in [0.25, 0.3) is 0 Å². The summed E-state index contributed by atoms with van der Waals surface area (Å²) in [4.78, 5) is 2.12. The lowest BCUT2D eigenvalue weighted by Gasteiger charge is -2.16. The minimum atomic E-state index is 0.672. The fourth-order valence-electron chi connectivity index (χ4n) is 2.07. The number of hydrogen-bond acceptors (Lipinski definition) is 4. The molecule has 108 valence electrons. The number of ether oxygens (including phenoxy) is 2. The Kier molecular flexibility index (Phi) is 5.17. The molecule has 1 heterocycles. The number of methoxy groups -OCH3 is 2. The van der Waals surface area contributed by atoms with Crippen molar-refractivity contribution >= 4 is 23.5 Å². The largest absolute Gasteiger partial charge is 0.497 e. The van der Waals surface area contributed by atoms with Crippen molar-refractivity contribution in [1.82, 2.24) is 10.3 Å². The Labute approximate surface area is 124 Å². The summed E-state index contributed by atoms with van der Waals surface area (Å²) in [5.74, 6) is 1.46. The third kappa shape index (κ3) is 3.60. The smallest absolute Gasteiger partial charge is 0.189 e. The number of hydrogen-bond donors (Lipinski definition) is 1. The second kappa shape index (κ2) is 7.09. The van der Waals surface area contributed by atoms with Crippen LogP contribution in [0.2, 0.25) is 0 Å². The van der Waals surface area contributed by atoms with Crippen LogP contribution in [0.15, 0.2) is 23.3 Å². The molecule has 0 atom stereocenters. The number of thiocarbonyl (C=S) groups is 1. The van der Waals surface area contributed by atoms with Gasteiger partial charge in [-0.05, 0) is 37.2 Å². The number of nitrogens with one attached hydrogen (secondary N) is 1. The van der Waals surface area contributed by atoms with Crippen LogP contribution in [0.1, 0.15) is 18.4 Å². The predicted molar refractivity (Wildman–Crippen MR) is 83.7 cm³/mol. The molecule has 20 heavy (non-hydrogen) atoms. The van der Waals surface area contributed by atoms with E-state index in [1.807, 2.05) is 18.2 Å². The zero-order chi connectivity index (χ0) is 14.4. The van der Waals surface area contributed by atoms with Gasteiger partial charge in [0, 0.05) is 24.7 Å². The van der Waals surface area contributed by atoms with E-state index >= 15 is 0 Å². The van der Waals surface area contributed by atoms with Crippen LogP contribution in [-0.2, 0) is 0 Å². The molecule has 0 unspecified atom stereocenters. The second-order valence-corrected chi connectivity index (χ2v) is 4.86. The standard InChI is InChI=1S/C14H19N3O2S/c1-18-12-6-5-11(13(9-12)19-2)10-15-16-14(20)17-7-3-4-8-17/h5-6,9-10H,3-4,7-8H2,1-2H3,(H,16,20)/b15-10+. The number of hydrazone groups is 1. The molecular formula is C14H19N3O2S. The Morgan fingerprint density at radius 2 is 2.05 bits per heavy atom. The van der Waals surface area contributed by atoms with Gasteiger partial charge in [-0.2, -0.15) is 5.10 Å². The second-order valence-electron chi connectivity index (χ2n) is 4.48. The normalized spacial score (nSPS) is 14.6. The Morgan fingerprint density at radius 1 is 1.30 bits per heavy atom. The van der Waals surface area contributed by atoms with E-state index in [-0.39, 0.29) is 0 Å². The number of nitrogens with zero attached hydrogens (tertiary/aromatic N) is 2. The van der Waals surface area contributed by atoms with Crippen molar-refractivity contribution < 1.29 is 9.47 Å². The first-order chi connectivity index (χ1) is 9.74. The van der Waals surface area contributed by atoms with Crippen LogP contribution in [0.3, 0.4) is 0 Å². The first-order valence-corrected chi connectivity index (χ1v) is 6.95. The van der Waals surface area contributed by atoms with Gasteiger partial charge in [-0.1, -0.05) is 0 Å². The van der Waals surface area contributed by atoms with Crippen LogP contribution in [0, 0.1) is 0 Å². The maximum absolute atomic E-state index is 5.30. The molecule has 5 nitrogen and oxygen atoms in total. The lowest BCUT2D eigenvalue weighted by molar-refractivity contribution is 0.394. The first-order valence-electron chi connectivity index (χ1n) is 6.54. The Hall–Kier alpha value is -1.82. The van der Waals surface area contributed by atoms with E-state index in [9.17, 15) is 0 Å². The van der Waals surface area contributed by atoms with Crippen LogP contribution in [0.4, 0.5) is 0 Å². The highest BCUT2D eigenvalue weighted by Gasteiger charge is 2.13. The van der Waals surface area contributed by atoms with Gasteiger partial charge in [0.05, 0.1) is 20.4 Å². The van der Waals surface area contributed by atoms with Gasteiger partial charge < -0.3 is 14.4 Å². The quantitative estimate of drug-likeness (QED) is 0.523. The van der Waals surface area contributed by atoms with Crippen molar-refractivity contribution in [3.8, 4) is 11.5 Å². The van der Waals surface area contributed by atoms with Crippen LogP contribution in [0.5, 0.6) is 11.5 Å². The predicted octanol–water partition coefficient (Wildman–Crippen LogP) is 2.01. The molecule has 0 amide bonds. The molecule has 1 fully saturated rings. The van der Waals surface area contributed by atoms with Gasteiger partial charge in [0.1, 0.15) is 11.5 Å². The van der Waals surface area contributed by atoms with Gasteiger partial charge in [-0.15, -0.1) is 0 Å². The summed E-state index contributed by atoms with van der Waals surface area (Å²) >= 11 is 5.28. The SMILES string of the molecule is COc1ccc(/C=N/NC(=S)N2CCCC2)c(OC)c1. The molecule has 1 N–H and O–H groups in total. The van der Waals surface area contributed by atoms with E-state index in [1.54, 1.807) is 20.4 Å². The summed E-state index contributed by atoms with van der Waals surface area (Å²) in [6.07, 6.45) is 4.08. The molecule has 1 saturated heterocycles. The summed E-state index contributed by atoms with van der Waals surface area (Å²) in [5, 5.41) is 4.84. The molecular weight excluding hydrogens is 274 g/mol. The zero-order valence-electron chi connectivity index (χ0n) is 11.8. The van der Waals surface area contributed by atoms with E-state index in [2.05, 4.69) is 15.4 Å². The van der Waals surface area contributed by atoms with Crippen LogP contribution >= 0.6 is 12.2 Å². The van der Waals surface area contributed by atoms with Crippen molar-refractivity contribution in [2.75, 3.05) is 27.3 Å². The van der Waals surface area contributed by atoms with E-state index in [0.29, 0.717) is 10.9 Å². The molecule has 1 aromatic rings. The number of likely N-dealkylation sites (tertiary alicyclic amines) is 1. The average Bonchev–Trinajstić information content (AvgIpc) is 3.01. The fraction of sp³-hybridized carbons (Fsp3) is 0.429. The number of rotatable bonds is 4. The third-order valence-corrected chi connectivity index (χ3v) is 3.55. The summed E-state index contributed by atoms with van der Waals surface area (Å²) in [6.45, 7) is 2.01. The zero-order valence-corrected chi connectivity index (χ0v) is 12.6. The van der Waals surface area contributed by atoms with Crippen molar-refractivity contribution in [3.63, 3.8) is 0 Å². The third-order valence-electron chi connectivity index (χ3n) is 3.20. The monoisotopic (exact) mass is 293 g/mol. The van der Waals surface area contributed by atoms with E-state index in [0.717, 1.165) is 24.4 Å². The van der Waals surface area contributed by atoms with E-state index in [1.165, 1.54) is 12.8 Å². The minimum absolute atomic E-state index is 0.672. The van der Waals surface area contributed by atoms with Gasteiger partial charge in [0.15, 0.2) is 5.11 Å². The highest BCUT2D eigenvalue weighted by molar-refractivity contribution is 7.80. The molecule has 0 spiro atoms. The van der Waals surface area contributed by atoms with Crippen molar-refractivity contribution in [1.29, 1.82) is 0 Å². The minimum Gasteiger partial charge on any atom is -0.497 e. The lowest BCUT2D eigenvalue weighted by atomic mass is 10.2. The molecule has 0 bridgehead atoms. The van der Waals surface area contributed by atoms with E-state index in [4.69, 9.17) is 21.7 Å². The summed E-state index contributed by atoms with van der Waals surface area (Å²) in [6, 6.07) is 5.57. The molecule has 0 saturated carbocycles. The summed E-state index contributed by atoms with van der Waals surface area (Å²) in [5.41, 5.74) is 3.76. The van der Waals surface area contributed by atoms with Gasteiger partial charge in [-0.3, -0.25) is 5.43 Å². The molecule has 0 aromatic heterocycles. The summed E-state index contributed by atoms with van der Waals surface area (Å²) < 4.78 is 10.5.